The lowest BCUT2D eigenvalue weighted by atomic mass is 10.1. The van der Waals surface area contributed by atoms with Gasteiger partial charge in [0, 0.05) is 10.0 Å². The third-order valence-corrected chi connectivity index (χ3v) is 3.56. The van der Waals surface area contributed by atoms with Gasteiger partial charge < -0.3 is 14.6 Å². The Morgan fingerprint density at radius 3 is 2.57 bits per heavy atom. The second kappa shape index (κ2) is 6.91. The first-order valence-electron chi connectivity index (χ1n) is 6.44. The molecule has 5 heteroatoms. The molecular formula is C16H16BrFO3. The molecular weight excluding hydrogens is 339 g/mol. The predicted octanol–water partition coefficient (Wildman–Crippen LogP) is 4.23. The summed E-state index contributed by atoms with van der Waals surface area (Å²) in [6.07, 6.45) is -0.586. The van der Waals surface area contributed by atoms with Crippen molar-refractivity contribution in [2.24, 2.45) is 0 Å². The van der Waals surface area contributed by atoms with Crippen molar-refractivity contribution < 1.29 is 19.0 Å². The van der Waals surface area contributed by atoms with E-state index in [9.17, 15) is 9.50 Å². The van der Waals surface area contributed by atoms with Crippen molar-refractivity contribution in [1.29, 1.82) is 0 Å². The lowest BCUT2D eigenvalue weighted by Gasteiger charge is -2.13. The van der Waals surface area contributed by atoms with Crippen LogP contribution in [0.3, 0.4) is 0 Å². The van der Waals surface area contributed by atoms with Crippen LogP contribution in [0.2, 0.25) is 0 Å². The molecule has 0 aliphatic rings. The van der Waals surface area contributed by atoms with Gasteiger partial charge in [-0.05, 0) is 36.8 Å². The molecule has 3 nitrogen and oxygen atoms in total. The summed E-state index contributed by atoms with van der Waals surface area (Å²) in [5, 5.41) is 9.55. The summed E-state index contributed by atoms with van der Waals surface area (Å²) in [7, 11) is 1.52. The maximum Gasteiger partial charge on any atom is 0.161 e. The minimum Gasteiger partial charge on any atom is -0.493 e. The molecule has 0 amide bonds. The average Bonchev–Trinajstić information content (AvgIpc) is 2.46. The maximum atomic E-state index is 13.7. The number of hydrogen-bond acceptors (Lipinski definition) is 3. The molecule has 2 aromatic rings. The van der Waals surface area contributed by atoms with Crippen molar-refractivity contribution in [2.45, 2.75) is 19.6 Å². The highest BCUT2D eigenvalue weighted by Crippen LogP contribution is 2.31. The fourth-order valence-electron chi connectivity index (χ4n) is 1.86. The third kappa shape index (κ3) is 3.95. The zero-order valence-corrected chi connectivity index (χ0v) is 13.4. The molecule has 21 heavy (non-hydrogen) atoms. The standard InChI is InChI=1S/C16H16BrFO3/c1-10(19)11-4-6-15(16(7-11)20-2)21-9-12-3-5-13(17)8-14(12)18/h3-8,10,19H,9H2,1-2H3. The molecule has 0 radical (unpaired) electrons. The molecule has 0 saturated heterocycles. The Hall–Kier alpha value is -1.59. The van der Waals surface area contributed by atoms with Gasteiger partial charge in [-0.2, -0.15) is 0 Å². The first-order valence-corrected chi connectivity index (χ1v) is 7.23. The Bertz CT molecular complexity index is 629. The van der Waals surface area contributed by atoms with Crippen molar-refractivity contribution in [3.63, 3.8) is 0 Å². The van der Waals surface area contributed by atoms with Gasteiger partial charge in [0.25, 0.3) is 0 Å². The Morgan fingerprint density at radius 2 is 1.95 bits per heavy atom. The Kier molecular flexibility index (Phi) is 5.20. The maximum absolute atomic E-state index is 13.7. The van der Waals surface area contributed by atoms with E-state index in [0.29, 0.717) is 21.5 Å². The Labute approximate surface area is 131 Å². The van der Waals surface area contributed by atoms with Crippen LogP contribution in [0.5, 0.6) is 11.5 Å². The van der Waals surface area contributed by atoms with Gasteiger partial charge >= 0.3 is 0 Å². The van der Waals surface area contributed by atoms with Gasteiger partial charge in [0.1, 0.15) is 12.4 Å². The van der Waals surface area contributed by atoms with Gasteiger partial charge in [0.2, 0.25) is 0 Å². The van der Waals surface area contributed by atoms with Gasteiger partial charge in [-0.3, -0.25) is 0 Å². The van der Waals surface area contributed by atoms with Crippen molar-refractivity contribution in [2.75, 3.05) is 7.11 Å². The molecule has 0 aromatic heterocycles. The van der Waals surface area contributed by atoms with Crippen LogP contribution < -0.4 is 9.47 Å². The van der Waals surface area contributed by atoms with E-state index in [1.54, 1.807) is 37.3 Å². The van der Waals surface area contributed by atoms with Gasteiger partial charge in [-0.15, -0.1) is 0 Å². The molecule has 2 rings (SSSR count). The van der Waals surface area contributed by atoms with E-state index in [1.165, 1.54) is 13.2 Å². The second-order valence-electron chi connectivity index (χ2n) is 4.61. The number of methoxy groups -OCH3 is 1. The van der Waals surface area contributed by atoms with E-state index in [2.05, 4.69) is 15.9 Å². The van der Waals surface area contributed by atoms with Crippen molar-refractivity contribution in [3.05, 3.63) is 57.8 Å². The van der Waals surface area contributed by atoms with E-state index in [4.69, 9.17) is 9.47 Å². The monoisotopic (exact) mass is 354 g/mol. The van der Waals surface area contributed by atoms with Crippen LogP contribution in [-0.2, 0) is 6.61 Å². The van der Waals surface area contributed by atoms with Crippen molar-refractivity contribution in [3.8, 4) is 11.5 Å². The molecule has 1 atom stereocenters. The number of hydrogen-bond donors (Lipinski definition) is 1. The first kappa shape index (κ1) is 15.8. The minimum absolute atomic E-state index is 0.101. The topological polar surface area (TPSA) is 38.7 Å². The van der Waals surface area contributed by atoms with Crippen LogP contribution in [0.15, 0.2) is 40.9 Å². The van der Waals surface area contributed by atoms with Crippen molar-refractivity contribution >= 4 is 15.9 Å². The van der Waals surface area contributed by atoms with Crippen molar-refractivity contribution in [1.82, 2.24) is 0 Å². The summed E-state index contributed by atoms with van der Waals surface area (Å²) in [6.45, 7) is 1.77. The van der Waals surface area contributed by atoms with E-state index >= 15 is 0 Å². The molecule has 0 bridgehead atoms. The Balaban J connectivity index is 2.16. The number of ether oxygens (including phenoxy) is 2. The van der Waals surface area contributed by atoms with Crippen LogP contribution in [-0.4, -0.2) is 12.2 Å². The summed E-state index contributed by atoms with van der Waals surface area (Å²) >= 11 is 3.21. The van der Waals surface area contributed by atoms with Crippen LogP contribution in [0.1, 0.15) is 24.2 Å². The van der Waals surface area contributed by atoms with Crippen LogP contribution in [0.25, 0.3) is 0 Å². The summed E-state index contributed by atoms with van der Waals surface area (Å²) in [5.41, 5.74) is 1.19. The van der Waals surface area contributed by atoms with Crippen LogP contribution >= 0.6 is 15.9 Å². The summed E-state index contributed by atoms with van der Waals surface area (Å²) in [4.78, 5) is 0. The summed E-state index contributed by atoms with van der Waals surface area (Å²) in [5.74, 6) is 0.680. The van der Waals surface area contributed by atoms with E-state index < -0.39 is 6.10 Å². The molecule has 0 saturated carbocycles. The highest BCUT2D eigenvalue weighted by atomic mass is 79.9. The molecule has 2 aromatic carbocycles. The first-order chi connectivity index (χ1) is 10.0. The number of halogens is 2. The minimum atomic E-state index is -0.586. The lowest BCUT2D eigenvalue weighted by Crippen LogP contribution is -2.01. The fourth-order valence-corrected chi connectivity index (χ4v) is 2.19. The van der Waals surface area contributed by atoms with Crippen LogP contribution in [0, 0.1) is 5.82 Å². The zero-order chi connectivity index (χ0) is 15.4. The smallest absolute Gasteiger partial charge is 0.161 e. The van der Waals surface area contributed by atoms with E-state index in [-0.39, 0.29) is 12.4 Å². The lowest BCUT2D eigenvalue weighted by molar-refractivity contribution is 0.198. The van der Waals surface area contributed by atoms with Gasteiger partial charge in [0.05, 0.1) is 13.2 Å². The van der Waals surface area contributed by atoms with Gasteiger partial charge in [-0.1, -0.05) is 28.1 Å². The second-order valence-corrected chi connectivity index (χ2v) is 5.53. The normalized spacial score (nSPS) is 12.0. The SMILES string of the molecule is COc1cc(C(C)O)ccc1OCc1ccc(Br)cc1F. The molecule has 1 N–H and O–H groups in total. The summed E-state index contributed by atoms with van der Waals surface area (Å²) < 4.78 is 25.3. The highest BCUT2D eigenvalue weighted by Gasteiger charge is 2.10. The van der Waals surface area contributed by atoms with Gasteiger partial charge in [-0.25, -0.2) is 4.39 Å². The van der Waals surface area contributed by atoms with Crippen LogP contribution in [0.4, 0.5) is 4.39 Å². The quantitative estimate of drug-likeness (QED) is 0.873. The molecule has 0 fully saturated rings. The summed E-state index contributed by atoms with van der Waals surface area (Å²) in [6, 6.07) is 9.98. The number of benzene rings is 2. The van der Waals surface area contributed by atoms with E-state index in [1.807, 2.05) is 0 Å². The fraction of sp³-hybridized carbons (Fsp3) is 0.250. The number of aliphatic hydroxyl groups is 1. The molecule has 112 valence electrons. The molecule has 0 heterocycles. The predicted molar refractivity (Wildman–Crippen MR) is 82.1 cm³/mol. The molecule has 0 aliphatic heterocycles. The van der Waals surface area contributed by atoms with Gasteiger partial charge in [0.15, 0.2) is 11.5 Å². The average molecular weight is 355 g/mol. The van der Waals surface area contributed by atoms with E-state index in [0.717, 1.165) is 5.56 Å². The highest BCUT2D eigenvalue weighted by molar-refractivity contribution is 9.10. The number of aliphatic hydroxyl groups excluding tert-OH is 1. The third-order valence-electron chi connectivity index (χ3n) is 3.07. The number of rotatable bonds is 5. The zero-order valence-electron chi connectivity index (χ0n) is 11.8. The molecule has 0 aliphatic carbocycles. The molecule has 1 unspecified atom stereocenters. The molecule has 0 spiro atoms. The Morgan fingerprint density at radius 1 is 1.19 bits per heavy atom. The largest absolute Gasteiger partial charge is 0.493 e.